The molecule has 1 heterocycles. The molecule has 2 amide bonds. The molecule has 2 rings (SSSR count). The summed E-state index contributed by atoms with van der Waals surface area (Å²) in [5.74, 6) is 0.302. The van der Waals surface area contributed by atoms with E-state index in [1.807, 2.05) is 18.7 Å². The fraction of sp³-hybridized carbons (Fsp3) is 0.867. The number of likely N-dealkylation sites (tertiary alicyclic amines) is 1. The maximum absolute atomic E-state index is 12.2. The van der Waals surface area contributed by atoms with E-state index in [1.165, 1.54) is 0 Å². The Labute approximate surface area is 121 Å². The highest BCUT2D eigenvalue weighted by atomic mass is 16.2. The minimum atomic E-state index is -0.236. The molecule has 0 atom stereocenters. The molecule has 5 nitrogen and oxygen atoms in total. The molecule has 5 heteroatoms. The summed E-state index contributed by atoms with van der Waals surface area (Å²) in [7, 11) is 0. The maximum Gasteiger partial charge on any atom is 0.224 e. The van der Waals surface area contributed by atoms with Gasteiger partial charge in [0.25, 0.3) is 0 Å². The fourth-order valence-corrected chi connectivity index (χ4v) is 2.86. The van der Waals surface area contributed by atoms with Crippen LogP contribution in [0.15, 0.2) is 0 Å². The van der Waals surface area contributed by atoms with Crippen LogP contribution in [0.5, 0.6) is 0 Å². The molecular weight excluding hydrogens is 254 g/mol. The van der Waals surface area contributed by atoms with E-state index < -0.39 is 0 Å². The zero-order valence-corrected chi connectivity index (χ0v) is 12.7. The zero-order valence-electron chi connectivity index (χ0n) is 12.7. The van der Waals surface area contributed by atoms with Gasteiger partial charge in [0.1, 0.15) is 0 Å². The van der Waals surface area contributed by atoms with Crippen LogP contribution in [0.1, 0.15) is 52.4 Å². The van der Waals surface area contributed by atoms with Crippen LogP contribution in [-0.2, 0) is 9.59 Å². The first kappa shape index (κ1) is 15.3. The van der Waals surface area contributed by atoms with Crippen LogP contribution in [0, 0.1) is 5.92 Å². The number of nitrogens with two attached hydrogens (primary N) is 1. The summed E-state index contributed by atoms with van der Waals surface area (Å²) >= 11 is 0. The molecule has 0 aromatic rings. The highest BCUT2D eigenvalue weighted by Crippen LogP contribution is 2.32. The standard InChI is InChI=1S/C15H27N3O2/c1-11(2)14(20)17-12-4-8-18(9-5-12)13(19)10-15(16)6-3-7-15/h11-12H,3-10,16H2,1-2H3,(H,17,20). The van der Waals surface area contributed by atoms with Crippen molar-refractivity contribution in [3.05, 3.63) is 0 Å². The molecule has 0 aromatic carbocycles. The quantitative estimate of drug-likeness (QED) is 0.808. The van der Waals surface area contributed by atoms with Gasteiger partial charge in [-0.05, 0) is 32.1 Å². The summed E-state index contributed by atoms with van der Waals surface area (Å²) in [6.07, 6.45) is 5.27. The lowest BCUT2D eigenvalue weighted by atomic mass is 9.75. The summed E-state index contributed by atoms with van der Waals surface area (Å²) in [6.45, 7) is 5.26. The van der Waals surface area contributed by atoms with Crippen molar-refractivity contribution in [1.82, 2.24) is 10.2 Å². The topological polar surface area (TPSA) is 75.4 Å². The molecule has 1 saturated carbocycles. The van der Waals surface area contributed by atoms with Gasteiger partial charge in [0.2, 0.25) is 11.8 Å². The van der Waals surface area contributed by atoms with Gasteiger partial charge in [0.05, 0.1) is 0 Å². The molecule has 3 N–H and O–H groups in total. The van der Waals surface area contributed by atoms with Crippen LogP contribution in [-0.4, -0.2) is 41.4 Å². The number of hydrogen-bond acceptors (Lipinski definition) is 3. The molecule has 0 unspecified atom stereocenters. The van der Waals surface area contributed by atoms with Crippen LogP contribution in [0.4, 0.5) is 0 Å². The average molecular weight is 281 g/mol. The van der Waals surface area contributed by atoms with E-state index in [0.29, 0.717) is 6.42 Å². The molecule has 0 spiro atoms. The fourth-order valence-electron chi connectivity index (χ4n) is 2.86. The van der Waals surface area contributed by atoms with Gasteiger partial charge < -0.3 is 16.0 Å². The molecular formula is C15H27N3O2. The van der Waals surface area contributed by atoms with Crippen molar-refractivity contribution in [2.45, 2.75) is 64.0 Å². The summed E-state index contributed by atoms with van der Waals surface area (Å²) < 4.78 is 0. The molecule has 2 fully saturated rings. The molecule has 114 valence electrons. The van der Waals surface area contributed by atoms with Crippen LogP contribution in [0.2, 0.25) is 0 Å². The van der Waals surface area contributed by atoms with Gasteiger partial charge in [0.15, 0.2) is 0 Å². The molecule has 20 heavy (non-hydrogen) atoms. The van der Waals surface area contributed by atoms with Crippen molar-refractivity contribution >= 4 is 11.8 Å². The Hall–Kier alpha value is -1.10. The third-order valence-electron chi connectivity index (χ3n) is 4.57. The molecule has 1 saturated heterocycles. The molecule has 0 radical (unpaired) electrons. The lowest BCUT2D eigenvalue weighted by molar-refractivity contribution is -0.134. The lowest BCUT2D eigenvalue weighted by Crippen LogP contribution is -2.53. The van der Waals surface area contributed by atoms with Gasteiger partial charge in [-0.15, -0.1) is 0 Å². The Morgan fingerprint density at radius 1 is 1.30 bits per heavy atom. The van der Waals surface area contributed by atoms with E-state index in [0.717, 1.165) is 45.2 Å². The molecule has 0 aromatic heterocycles. The summed E-state index contributed by atoms with van der Waals surface area (Å²) in [6, 6.07) is 0.212. The maximum atomic E-state index is 12.2. The van der Waals surface area contributed by atoms with Crippen molar-refractivity contribution in [3.8, 4) is 0 Å². The van der Waals surface area contributed by atoms with E-state index in [4.69, 9.17) is 5.73 Å². The highest BCUT2D eigenvalue weighted by Gasteiger charge is 2.36. The van der Waals surface area contributed by atoms with Gasteiger partial charge in [0, 0.05) is 37.0 Å². The number of nitrogens with one attached hydrogen (secondary N) is 1. The van der Waals surface area contributed by atoms with E-state index >= 15 is 0 Å². The normalized spacial score (nSPS) is 22.5. The lowest BCUT2D eigenvalue weighted by Gasteiger charge is -2.40. The Morgan fingerprint density at radius 2 is 1.90 bits per heavy atom. The second kappa shape index (κ2) is 6.12. The number of carbonyl (C=O) groups is 2. The minimum absolute atomic E-state index is 0.0189. The predicted molar refractivity (Wildman–Crippen MR) is 78.0 cm³/mol. The van der Waals surface area contributed by atoms with Crippen LogP contribution in [0.3, 0.4) is 0 Å². The Kier molecular flexibility index (Phi) is 4.68. The van der Waals surface area contributed by atoms with Crippen LogP contribution >= 0.6 is 0 Å². The number of hydrogen-bond donors (Lipinski definition) is 2. The number of nitrogens with zero attached hydrogens (tertiary/aromatic N) is 1. The third-order valence-corrected chi connectivity index (χ3v) is 4.57. The minimum Gasteiger partial charge on any atom is -0.353 e. The van der Waals surface area contributed by atoms with Gasteiger partial charge in [-0.1, -0.05) is 13.8 Å². The molecule has 1 aliphatic carbocycles. The van der Waals surface area contributed by atoms with Crippen LogP contribution < -0.4 is 11.1 Å². The monoisotopic (exact) mass is 281 g/mol. The number of carbonyl (C=O) groups excluding carboxylic acids is 2. The van der Waals surface area contributed by atoms with Crippen molar-refractivity contribution in [2.75, 3.05) is 13.1 Å². The van der Waals surface area contributed by atoms with Gasteiger partial charge in [-0.25, -0.2) is 0 Å². The third kappa shape index (κ3) is 3.72. The zero-order chi connectivity index (χ0) is 14.8. The van der Waals surface area contributed by atoms with Gasteiger partial charge in [-0.2, -0.15) is 0 Å². The van der Waals surface area contributed by atoms with E-state index in [9.17, 15) is 9.59 Å². The Balaban J connectivity index is 1.73. The largest absolute Gasteiger partial charge is 0.353 e. The van der Waals surface area contributed by atoms with Crippen molar-refractivity contribution < 1.29 is 9.59 Å². The number of rotatable bonds is 4. The van der Waals surface area contributed by atoms with Crippen LogP contribution in [0.25, 0.3) is 0 Å². The summed E-state index contributed by atoms with van der Waals surface area (Å²) in [5, 5.41) is 3.05. The Bertz CT molecular complexity index is 369. The first-order chi connectivity index (χ1) is 9.39. The first-order valence-corrected chi connectivity index (χ1v) is 7.77. The Morgan fingerprint density at radius 3 is 2.35 bits per heavy atom. The summed E-state index contributed by atoms with van der Waals surface area (Å²) in [5.41, 5.74) is 5.90. The molecule has 1 aliphatic heterocycles. The van der Waals surface area contributed by atoms with E-state index in [-0.39, 0.29) is 29.3 Å². The van der Waals surface area contributed by atoms with Crippen molar-refractivity contribution in [1.29, 1.82) is 0 Å². The van der Waals surface area contributed by atoms with E-state index in [1.54, 1.807) is 0 Å². The van der Waals surface area contributed by atoms with Crippen molar-refractivity contribution in [3.63, 3.8) is 0 Å². The number of piperidine rings is 1. The second-order valence-electron chi connectivity index (χ2n) is 6.71. The predicted octanol–water partition coefficient (Wildman–Crippen LogP) is 1.02. The molecule has 0 bridgehead atoms. The first-order valence-electron chi connectivity index (χ1n) is 7.77. The highest BCUT2D eigenvalue weighted by molar-refractivity contribution is 5.79. The van der Waals surface area contributed by atoms with Crippen molar-refractivity contribution in [2.24, 2.45) is 11.7 Å². The average Bonchev–Trinajstić information content (AvgIpc) is 2.37. The smallest absolute Gasteiger partial charge is 0.224 e. The number of amides is 2. The van der Waals surface area contributed by atoms with Gasteiger partial charge >= 0.3 is 0 Å². The van der Waals surface area contributed by atoms with E-state index in [2.05, 4.69) is 5.32 Å². The van der Waals surface area contributed by atoms with Gasteiger partial charge in [-0.3, -0.25) is 9.59 Å². The SMILES string of the molecule is CC(C)C(=O)NC1CCN(C(=O)CC2(N)CCC2)CC1. The summed E-state index contributed by atoms with van der Waals surface area (Å²) in [4.78, 5) is 25.8. The second-order valence-corrected chi connectivity index (χ2v) is 6.71. The molecule has 2 aliphatic rings.